The smallest absolute Gasteiger partial charge is 0.123 e. The van der Waals surface area contributed by atoms with Gasteiger partial charge in [-0.2, -0.15) is 0 Å². The molecule has 106 valence electrons. The van der Waals surface area contributed by atoms with Crippen LogP contribution in [0.15, 0.2) is 24.3 Å². The van der Waals surface area contributed by atoms with Gasteiger partial charge in [-0.1, -0.05) is 25.0 Å². The van der Waals surface area contributed by atoms with Gasteiger partial charge in [0, 0.05) is 12.1 Å². The molecule has 1 saturated carbocycles. The molecule has 2 nitrogen and oxygen atoms in total. The van der Waals surface area contributed by atoms with Crippen LogP contribution in [0.3, 0.4) is 0 Å². The maximum Gasteiger partial charge on any atom is 0.123 e. The first-order valence-corrected chi connectivity index (χ1v) is 7.31. The van der Waals surface area contributed by atoms with E-state index in [-0.39, 0.29) is 5.82 Å². The second-order valence-electron chi connectivity index (χ2n) is 5.74. The van der Waals surface area contributed by atoms with Crippen LogP contribution in [0.1, 0.15) is 44.2 Å². The second kappa shape index (κ2) is 6.49. The SMILES string of the molecule is CC(c1ccc(F)cc1)N(C)C1CCCCC1CN. The van der Waals surface area contributed by atoms with E-state index >= 15 is 0 Å². The summed E-state index contributed by atoms with van der Waals surface area (Å²) >= 11 is 0. The summed E-state index contributed by atoms with van der Waals surface area (Å²) in [5, 5.41) is 0. The van der Waals surface area contributed by atoms with Gasteiger partial charge < -0.3 is 5.73 Å². The van der Waals surface area contributed by atoms with Gasteiger partial charge in [-0.15, -0.1) is 0 Å². The number of halogens is 1. The quantitative estimate of drug-likeness (QED) is 0.903. The lowest BCUT2D eigenvalue weighted by atomic mass is 9.83. The van der Waals surface area contributed by atoms with Crippen molar-refractivity contribution in [2.75, 3.05) is 13.6 Å². The van der Waals surface area contributed by atoms with Gasteiger partial charge in [0.05, 0.1) is 0 Å². The summed E-state index contributed by atoms with van der Waals surface area (Å²) < 4.78 is 13.0. The van der Waals surface area contributed by atoms with Crippen molar-refractivity contribution >= 4 is 0 Å². The van der Waals surface area contributed by atoms with E-state index in [2.05, 4.69) is 18.9 Å². The maximum atomic E-state index is 13.0. The van der Waals surface area contributed by atoms with Crippen LogP contribution in [-0.2, 0) is 0 Å². The summed E-state index contributed by atoms with van der Waals surface area (Å²) in [4.78, 5) is 2.42. The van der Waals surface area contributed by atoms with Gasteiger partial charge in [0.25, 0.3) is 0 Å². The molecule has 3 heteroatoms. The van der Waals surface area contributed by atoms with Gasteiger partial charge in [0.2, 0.25) is 0 Å². The molecule has 3 atom stereocenters. The molecule has 0 aromatic heterocycles. The molecule has 0 heterocycles. The van der Waals surface area contributed by atoms with Gasteiger partial charge in [-0.25, -0.2) is 4.39 Å². The monoisotopic (exact) mass is 264 g/mol. The predicted octanol–water partition coefficient (Wildman–Crippen LogP) is 3.34. The number of nitrogens with zero attached hydrogens (tertiary/aromatic N) is 1. The van der Waals surface area contributed by atoms with E-state index in [1.165, 1.54) is 31.2 Å². The fraction of sp³-hybridized carbons (Fsp3) is 0.625. The largest absolute Gasteiger partial charge is 0.330 e. The number of rotatable bonds is 4. The predicted molar refractivity (Wildman–Crippen MR) is 77.4 cm³/mol. The highest BCUT2D eigenvalue weighted by atomic mass is 19.1. The summed E-state index contributed by atoms with van der Waals surface area (Å²) in [5.74, 6) is 0.428. The van der Waals surface area contributed by atoms with Crippen molar-refractivity contribution in [3.63, 3.8) is 0 Å². The van der Waals surface area contributed by atoms with Crippen molar-refractivity contribution in [3.05, 3.63) is 35.6 Å². The zero-order valence-electron chi connectivity index (χ0n) is 12.0. The van der Waals surface area contributed by atoms with Crippen LogP contribution in [0.25, 0.3) is 0 Å². The standard InChI is InChI=1S/C16H25FN2/c1-12(13-7-9-15(17)10-8-13)19(2)16-6-4-3-5-14(16)11-18/h7-10,12,14,16H,3-6,11,18H2,1-2H3. The average molecular weight is 264 g/mol. The fourth-order valence-corrected chi connectivity index (χ4v) is 3.26. The van der Waals surface area contributed by atoms with Crippen LogP contribution in [0, 0.1) is 11.7 Å². The summed E-state index contributed by atoms with van der Waals surface area (Å²) in [6, 6.07) is 7.71. The van der Waals surface area contributed by atoms with E-state index in [0.717, 1.165) is 6.54 Å². The molecular weight excluding hydrogens is 239 g/mol. The first-order valence-electron chi connectivity index (χ1n) is 7.31. The minimum atomic E-state index is -0.170. The van der Waals surface area contributed by atoms with E-state index in [0.29, 0.717) is 18.0 Å². The molecule has 0 spiro atoms. The molecule has 1 aromatic rings. The Morgan fingerprint density at radius 3 is 2.53 bits per heavy atom. The molecule has 19 heavy (non-hydrogen) atoms. The van der Waals surface area contributed by atoms with Crippen molar-refractivity contribution in [2.24, 2.45) is 11.7 Å². The Labute approximate surface area is 115 Å². The summed E-state index contributed by atoms with van der Waals surface area (Å²) in [6.45, 7) is 2.96. The maximum absolute atomic E-state index is 13.0. The van der Waals surface area contributed by atoms with Crippen LogP contribution in [-0.4, -0.2) is 24.5 Å². The summed E-state index contributed by atoms with van der Waals surface area (Å²) in [6.07, 6.45) is 5.06. The van der Waals surface area contributed by atoms with Crippen molar-refractivity contribution in [1.82, 2.24) is 4.90 Å². The van der Waals surface area contributed by atoms with E-state index in [1.54, 1.807) is 12.1 Å². The molecule has 3 unspecified atom stereocenters. The molecule has 2 N–H and O–H groups in total. The molecule has 1 aromatic carbocycles. The van der Waals surface area contributed by atoms with E-state index in [4.69, 9.17) is 5.73 Å². The van der Waals surface area contributed by atoms with Crippen LogP contribution in [0.2, 0.25) is 0 Å². The van der Waals surface area contributed by atoms with Crippen molar-refractivity contribution in [3.8, 4) is 0 Å². The number of hydrogen-bond donors (Lipinski definition) is 1. The highest BCUT2D eigenvalue weighted by Crippen LogP contribution is 2.32. The Morgan fingerprint density at radius 1 is 1.26 bits per heavy atom. The Kier molecular flexibility index (Phi) is 4.94. The zero-order valence-corrected chi connectivity index (χ0v) is 12.0. The van der Waals surface area contributed by atoms with Gasteiger partial charge in [-0.3, -0.25) is 4.90 Å². The van der Waals surface area contributed by atoms with Crippen molar-refractivity contribution in [2.45, 2.75) is 44.7 Å². The second-order valence-corrected chi connectivity index (χ2v) is 5.74. The molecule has 0 saturated heterocycles. The topological polar surface area (TPSA) is 29.3 Å². The lowest BCUT2D eigenvalue weighted by molar-refractivity contribution is 0.0989. The highest BCUT2D eigenvalue weighted by molar-refractivity contribution is 5.19. The Balaban J connectivity index is 2.08. The normalized spacial score (nSPS) is 25.5. The van der Waals surface area contributed by atoms with E-state index in [9.17, 15) is 4.39 Å². The van der Waals surface area contributed by atoms with Gasteiger partial charge in [0.15, 0.2) is 0 Å². The molecule has 0 amide bonds. The third-order valence-electron chi connectivity index (χ3n) is 4.66. The zero-order chi connectivity index (χ0) is 13.8. The minimum absolute atomic E-state index is 0.170. The number of hydrogen-bond acceptors (Lipinski definition) is 2. The van der Waals surface area contributed by atoms with Gasteiger partial charge >= 0.3 is 0 Å². The lowest BCUT2D eigenvalue weighted by Crippen LogP contribution is -2.44. The lowest BCUT2D eigenvalue weighted by Gasteiger charge is -2.40. The number of benzene rings is 1. The van der Waals surface area contributed by atoms with Crippen LogP contribution >= 0.6 is 0 Å². The van der Waals surface area contributed by atoms with Gasteiger partial charge in [-0.05, 0) is 57.0 Å². The first kappa shape index (κ1) is 14.5. The molecule has 0 aliphatic heterocycles. The molecule has 0 radical (unpaired) electrons. The minimum Gasteiger partial charge on any atom is -0.330 e. The first-order chi connectivity index (χ1) is 9.13. The molecule has 1 fully saturated rings. The van der Waals surface area contributed by atoms with Crippen molar-refractivity contribution in [1.29, 1.82) is 0 Å². The summed E-state index contributed by atoms with van der Waals surface area (Å²) in [7, 11) is 2.17. The van der Waals surface area contributed by atoms with Crippen LogP contribution in [0.5, 0.6) is 0 Å². The molecule has 0 bridgehead atoms. The van der Waals surface area contributed by atoms with E-state index < -0.39 is 0 Å². The van der Waals surface area contributed by atoms with E-state index in [1.807, 2.05) is 12.1 Å². The van der Waals surface area contributed by atoms with Gasteiger partial charge in [0.1, 0.15) is 5.82 Å². The molecule has 1 aliphatic rings. The molecular formula is C16H25FN2. The third-order valence-corrected chi connectivity index (χ3v) is 4.66. The average Bonchev–Trinajstić information content (AvgIpc) is 2.46. The van der Waals surface area contributed by atoms with Crippen LogP contribution < -0.4 is 5.73 Å². The molecule has 2 rings (SSSR count). The Hall–Kier alpha value is -0.930. The molecule has 1 aliphatic carbocycles. The number of nitrogens with two attached hydrogens (primary N) is 1. The highest BCUT2D eigenvalue weighted by Gasteiger charge is 2.29. The fourth-order valence-electron chi connectivity index (χ4n) is 3.26. The summed E-state index contributed by atoms with van der Waals surface area (Å²) in [5.41, 5.74) is 7.09. The Bertz CT molecular complexity index is 390. The van der Waals surface area contributed by atoms with Crippen molar-refractivity contribution < 1.29 is 4.39 Å². The van der Waals surface area contributed by atoms with Crippen LogP contribution in [0.4, 0.5) is 4.39 Å². The third kappa shape index (κ3) is 3.34. The Morgan fingerprint density at radius 2 is 1.89 bits per heavy atom.